The molecule has 0 bridgehead atoms. The van der Waals surface area contributed by atoms with Gasteiger partial charge in [-0.3, -0.25) is 4.79 Å². The number of halogens is 1. The molecular formula is C15H25ClN4O. The first-order chi connectivity index (χ1) is 10.0. The molecule has 0 saturated carbocycles. The van der Waals surface area contributed by atoms with Gasteiger partial charge in [0, 0.05) is 19.6 Å². The van der Waals surface area contributed by atoms with Gasteiger partial charge >= 0.3 is 0 Å². The zero-order valence-electron chi connectivity index (χ0n) is 12.9. The molecule has 118 valence electrons. The van der Waals surface area contributed by atoms with Crippen LogP contribution in [0.4, 0.5) is 5.69 Å². The van der Waals surface area contributed by atoms with E-state index in [9.17, 15) is 4.79 Å². The van der Waals surface area contributed by atoms with Gasteiger partial charge in [-0.2, -0.15) is 5.10 Å². The van der Waals surface area contributed by atoms with E-state index >= 15 is 0 Å². The maximum Gasteiger partial charge on any atom is 0.287 e. The summed E-state index contributed by atoms with van der Waals surface area (Å²) >= 11 is 6.30. The molecule has 1 saturated heterocycles. The average molecular weight is 313 g/mol. The molecule has 1 atom stereocenters. The normalized spacial score (nSPS) is 19.3. The van der Waals surface area contributed by atoms with Crippen molar-refractivity contribution in [2.75, 3.05) is 24.5 Å². The SMILES string of the molecule is CC(C)Cn1ncc(N2CCCC(CCN)C2)c(Cl)c1=O. The second-order valence-corrected chi connectivity index (χ2v) is 6.63. The first kappa shape index (κ1) is 16.3. The molecule has 0 spiro atoms. The highest BCUT2D eigenvalue weighted by molar-refractivity contribution is 6.33. The molecule has 2 N–H and O–H groups in total. The molecule has 5 nitrogen and oxygen atoms in total. The molecule has 0 aliphatic carbocycles. The van der Waals surface area contributed by atoms with Gasteiger partial charge in [-0.15, -0.1) is 0 Å². The van der Waals surface area contributed by atoms with E-state index in [-0.39, 0.29) is 5.56 Å². The molecule has 6 heteroatoms. The van der Waals surface area contributed by atoms with Gasteiger partial charge in [0.2, 0.25) is 0 Å². The minimum atomic E-state index is -0.191. The van der Waals surface area contributed by atoms with Crippen LogP contribution in [-0.4, -0.2) is 29.4 Å². The van der Waals surface area contributed by atoms with E-state index in [0.717, 1.165) is 31.6 Å². The summed E-state index contributed by atoms with van der Waals surface area (Å²) in [6.07, 6.45) is 5.06. The van der Waals surface area contributed by atoms with Gasteiger partial charge in [-0.05, 0) is 37.6 Å². The summed E-state index contributed by atoms with van der Waals surface area (Å²) in [5, 5.41) is 4.57. The van der Waals surface area contributed by atoms with Crippen LogP contribution in [0.3, 0.4) is 0 Å². The Morgan fingerprint density at radius 2 is 2.29 bits per heavy atom. The van der Waals surface area contributed by atoms with E-state index in [1.807, 2.05) is 0 Å². The highest BCUT2D eigenvalue weighted by Crippen LogP contribution is 2.27. The first-order valence-electron chi connectivity index (χ1n) is 7.73. The van der Waals surface area contributed by atoms with Crippen molar-refractivity contribution in [3.8, 4) is 0 Å². The Kier molecular flexibility index (Phi) is 5.65. The highest BCUT2D eigenvalue weighted by Gasteiger charge is 2.23. The molecule has 1 unspecified atom stereocenters. The second-order valence-electron chi connectivity index (χ2n) is 6.26. The van der Waals surface area contributed by atoms with Crippen LogP contribution in [0.2, 0.25) is 5.02 Å². The summed E-state index contributed by atoms with van der Waals surface area (Å²) in [5.74, 6) is 0.943. The number of aromatic nitrogens is 2. The van der Waals surface area contributed by atoms with Crippen LogP contribution in [0.15, 0.2) is 11.0 Å². The van der Waals surface area contributed by atoms with Crippen LogP contribution in [0.25, 0.3) is 0 Å². The number of hydrogen-bond donors (Lipinski definition) is 1. The van der Waals surface area contributed by atoms with Crippen molar-refractivity contribution in [2.24, 2.45) is 17.6 Å². The number of piperidine rings is 1. The second kappa shape index (κ2) is 7.27. The van der Waals surface area contributed by atoms with Gasteiger partial charge in [0.05, 0.1) is 11.9 Å². The molecule has 1 aliphatic heterocycles. The van der Waals surface area contributed by atoms with Crippen LogP contribution < -0.4 is 16.2 Å². The number of anilines is 1. The number of nitrogens with zero attached hydrogens (tertiary/aromatic N) is 3. The zero-order valence-corrected chi connectivity index (χ0v) is 13.6. The van der Waals surface area contributed by atoms with E-state index in [1.165, 1.54) is 11.1 Å². The van der Waals surface area contributed by atoms with E-state index in [2.05, 4.69) is 23.8 Å². The standard InChI is InChI=1S/C15H25ClN4O/c1-11(2)9-20-15(21)14(16)13(8-18-20)19-7-3-4-12(10-19)5-6-17/h8,11-12H,3-7,9-10,17H2,1-2H3. The Labute approximate surface area is 131 Å². The summed E-state index contributed by atoms with van der Waals surface area (Å²) in [7, 11) is 0. The minimum absolute atomic E-state index is 0.191. The third kappa shape index (κ3) is 3.98. The van der Waals surface area contributed by atoms with Gasteiger partial charge in [0.1, 0.15) is 5.02 Å². The Morgan fingerprint density at radius 1 is 1.52 bits per heavy atom. The lowest BCUT2D eigenvalue weighted by molar-refractivity contribution is 0.395. The Bertz CT molecular complexity index is 527. The first-order valence-corrected chi connectivity index (χ1v) is 8.11. The summed E-state index contributed by atoms with van der Waals surface area (Å²) in [6.45, 7) is 7.24. The van der Waals surface area contributed by atoms with E-state index < -0.39 is 0 Å². The largest absolute Gasteiger partial charge is 0.369 e. The van der Waals surface area contributed by atoms with Crippen LogP contribution in [0.1, 0.15) is 33.1 Å². The molecule has 1 aliphatic rings. The van der Waals surface area contributed by atoms with E-state index in [4.69, 9.17) is 17.3 Å². The van der Waals surface area contributed by atoms with Crippen molar-refractivity contribution in [1.82, 2.24) is 9.78 Å². The third-order valence-electron chi connectivity index (χ3n) is 3.94. The van der Waals surface area contributed by atoms with Crippen molar-refractivity contribution in [3.05, 3.63) is 21.6 Å². The van der Waals surface area contributed by atoms with Crippen LogP contribution in [0.5, 0.6) is 0 Å². The van der Waals surface area contributed by atoms with E-state index in [0.29, 0.717) is 29.9 Å². The quantitative estimate of drug-likeness (QED) is 0.904. The Hall–Kier alpha value is -1.07. The van der Waals surface area contributed by atoms with Gasteiger partial charge < -0.3 is 10.6 Å². The lowest BCUT2D eigenvalue weighted by Gasteiger charge is -2.34. The maximum atomic E-state index is 12.3. The predicted molar refractivity (Wildman–Crippen MR) is 87.0 cm³/mol. The average Bonchev–Trinajstić information content (AvgIpc) is 2.44. The van der Waals surface area contributed by atoms with Crippen molar-refractivity contribution in [1.29, 1.82) is 0 Å². The molecule has 0 aromatic carbocycles. The van der Waals surface area contributed by atoms with Gasteiger partial charge in [-0.25, -0.2) is 4.68 Å². The van der Waals surface area contributed by atoms with Crippen molar-refractivity contribution in [2.45, 2.75) is 39.7 Å². The molecule has 1 fully saturated rings. The van der Waals surface area contributed by atoms with Crippen molar-refractivity contribution < 1.29 is 0 Å². The molecule has 1 aromatic heterocycles. The van der Waals surface area contributed by atoms with Crippen LogP contribution in [0, 0.1) is 11.8 Å². The van der Waals surface area contributed by atoms with Gasteiger partial charge in [0.25, 0.3) is 5.56 Å². The zero-order chi connectivity index (χ0) is 15.4. The Balaban J connectivity index is 2.20. The molecule has 2 rings (SSSR count). The molecule has 0 radical (unpaired) electrons. The summed E-state index contributed by atoms with van der Waals surface area (Å²) < 4.78 is 1.46. The van der Waals surface area contributed by atoms with Crippen molar-refractivity contribution >= 4 is 17.3 Å². The lowest BCUT2D eigenvalue weighted by Crippen LogP contribution is -2.38. The molecule has 21 heavy (non-hydrogen) atoms. The molecular weight excluding hydrogens is 288 g/mol. The van der Waals surface area contributed by atoms with E-state index in [1.54, 1.807) is 6.20 Å². The van der Waals surface area contributed by atoms with Gasteiger partial charge in [0.15, 0.2) is 0 Å². The molecule has 1 aromatic rings. The summed E-state index contributed by atoms with van der Waals surface area (Å²) in [6, 6.07) is 0. The topological polar surface area (TPSA) is 64.2 Å². The van der Waals surface area contributed by atoms with Crippen molar-refractivity contribution in [3.63, 3.8) is 0 Å². The smallest absolute Gasteiger partial charge is 0.287 e. The fourth-order valence-corrected chi connectivity index (χ4v) is 3.17. The molecule has 0 amide bonds. The monoisotopic (exact) mass is 312 g/mol. The predicted octanol–water partition coefficient (Wildman–Crippen LogP) is 2.12. The number of hydrogen-bond acceptors (Lipinski definition) is 4. The number of rotatable bonds is 5. The fourth-order valence-electron chi connectivity index (χ4n) is 2.91. The fraction of sp³-hybridized carbons (Fsp3) is 0.733. The van der Waals surface area contributed by atoms with Crippen LogP contribution >= 0.6 is 11.6 Å². The number of nitrogens with two attached hydrogens (primary N) is 1. The highest BCUT2D eigenvalue weighted by atomic mass is 35.5. The van der Waals surface area contributed by atoms with Crippen LogP contribution in [-0.2, 0) is 6.54 Å². The minimum Gasteiger partial charge on any atom is -0.369 e. The lowest BCUT2D eigenvalue weighted by atomic mass is 9.94. The summed E-state index contributed by atoms with van der Waals surface area (Å²) in [4.78, 5) is 14.5. The summed E-state index contributed by atoms with van der Waals surface area (Å²) in [5.41, 5.74) is 6.23. The third-order valence-corrected chi connectivity index (χ3v) is 4.29. The Morgan fingerprint density at radius 3 is 2.95 bits per heavy atom. The maximum absolute atomic E-state index is 12.3. The van der Waals surface area contributed by atoms with Gasteiger partial charge in [-0.1, -0.05) is 25.4 Å². The molecule has 2 heterocycles.